The summed E-state index contributed by atoms with van der Waals surface area (Å²) in [5.41, 5.74) is -0.134. The minimum atomic E-state index is -2.06. The van der Waals surface area contributed by atoms with Crippen LogP contribution in [0.2, 0.25) is 0 Å². The quantitative estimate of drug-likeness (QED) is 0.201. The van der Waals surface area contributed by atoms with E-state index in [4.69, 9.17) is 20.4 Å². The Morgan fingerprint density at radius 3 is 0.897 bits per heavy atom. The van der Waals surface area contributed by atoms with Crippen LogP contribution in [0.25, 0.3) is 0 Å². The van der Waals surface area contributed by atoms with Gasteiger partial charge in [-0.3, -0.25) is 0 Å². The number of carboxylic acid groups (broad SMARTS) is 2. The van der Waals surface area contributed by atoms with Gasteiger partial charge in [0.25, 0.3) is 0 Å². The Bertz CT molecular complexity index is 1330. The predicted molar refractivity (Wildman–Crippen MR) is 154 cm³/mol. The Kier molecular flexibility index (Phi) is 11.2. The van der Waals surface area contributed by atoms with Gasteiger partial charge >= 0.3 is 134 Å². The van der Waals surface area contributed by atoms with E-state index in [0.29, 0.717) is 0 Å². The van der Waals surface area contributed by atoms with Crippen molar-refractivity contribution in [1.29, 1.82) is 0 Å². The van der Waals surface area contributed by atoms with Gasteiger partial charge in [-0.1, -0.05) is 24.3 Å². The molecule has 7 heteroatoms. The van der Waals surface area contributed by atoms with E-state index in [9.17, 15) is 9.59 Å². The van der Waals surface area contributed by atoms with Crippen LogP contribution in [0.5, 0.6) is 11.5 Å². The summed E-state index contributed by atoms with van der Waals surface area (Å²) in [6, 6.07) is 44.6. The maximum atomic E-state index is 10.3. The second kappa shape index (κ2) is 15.1. The van der Waals surface area contributed by atoms with E-state index in [1.54, 1.807) is 24.3 Å². The molecule has 0 aliphatic rings. The zero-order valence-corrected chi connectivity index (χ0v) is 24.3. The normalized spacial score (nSPS) is 9.87. The molecule has 0 aliphatic heterocycles. The predicted octanol–water partition coefficient (Wildman–Crippen LogP) is 4.38. The molecule has 39 heavy (non-hydrogen) atoms. The van der Waals surface area contributed by atoms with Gasteiger partial charge in [-0.2, -0.15) is 0 Å². The van der Waals surface area contributed by atoms with Crippen LogP contribution in [-0.2, 0) is 0 Å². The van der Waals surface area contributed by atoms with Crippen molar-refractivity contribution >= 4 is 43.5 Å². The average Bonchev–Trinajstić information content (AvgIpc) is 2.96. The van der Waals surface area contributed by atoms with Crippen molar-refractivity contribution in [2.75, 3.05) is 0 Å². The number of carboxylic acids is 2. The molecule has 6 nitrogen and oxygen atoms in total. The Hall–Kier alpha value is -4.48. The molecule has 0 amide bonds. The van der Waals surface area contributed by atoms with Crippen molar-refractivity contribution in [3.8, 4) is 11.5 Å². The summed E-state index contributed by atoms with van der Waals surface area (Å²) in [5.74, 6) is -2.62. The van der Waals surface area contributed by atoms with Crippen molar-refractivity contribution in [1.82, 2.24) is 0 Å². The second-order valence-electron chi connectivity index (χ2n) is 7.99. The van der Waals surface area contributed by atoms with E-state index >= 15 is 0 Å². The van der Waals surface area contributed by atoms with Crippen LogP contribution in [0, 0.1) is 0 Å². The number of para-hydroxylation sites is 2. The molecule has 5 aromatic carbocycles. The zero-order chi connectivity index (χ0) is 28.0. The number of hydrogen-bond donors (Lipinski definition) is 4. The van der Waals surface area contributed by atoms with E-state index < -0.39 is 33.7 Å². The van der Waals surface area contributed by atoms with Crippen LogP contribution in [0.4, 0.5) is 0 Å². The van der Waals surface area contributed by atoms with Gasteiger partial charge < -0.3 is 20.4 Å². The van der Waals surface area contributed by atoms with E-state index in [2.05, 4.69) is 91.0 Å². The van der Waals surface area contributed by atoms with E-state index in [-0.39, 0.29) is 22.6 Å². The van der Waals surface area contributed by atoms with Crippen molar-refractivity contribution in [2.45, 2.75) is 0 Å². The van der Waals surface area contributed by atoms with Crippen molar-refractivity contribution < 1.29 is 30.0 Å². The molecule has 0 fully saturated rings. The third-order valence-electron chi connectivity index (χ3n) is 5.31. The molecule has 5 rings (SSSR count). The first-order chi connectivity index (χ1) is 18.9. The summed E-state index contributed by atoms with van der Waals surface area (Å²) in [4.78, 5) is 20.5. The first-order valence-electron chi connectivity index (χ1n) is 11.9. The molecular weight excluding hydrogens is 689 g/mol. The summed E-state index contributed by atoms with van der Waals surface area (Å²) >= 11 is -2.06. The monoisotopic (exact) mass is 716 g/mol. The number of carbonyl (C=O) groups is 2. The van der Waals surface area contributed by atoms with Gasteiger partial charge in [-0.05, 0) is 24.3 Å². The standard InChI is InChI=1S/2C7H6O3.3C6H5.Bi/c2*8-6-4-2-1-3-5(6)7(9)10;3*1-2-4-6-5-3-1;/h2*1-4,8H,(H,9,10);3*1-5H;. The molecule has 196 valence electrons. The molecule has 0 spiro atoms. The SMILES string of the molecule is O=C(O)c1ccccc1O.O=C(O)c1ccccc1O.c1cc[c]([Bi]([c]2ccccc2)[c]2ccccc2)cc1. The molecule has 0 radical (unpaired) electrons. The van der Waals surface area contributed by atoms with Crippen molar-refractivity contribution in [3.05, 3.63) is 151 Å². The Balaban J connectivity index is 0.000000178. The van der Waals surface area contributed by atoms with Crippen LogP contribution < -0.4 is 9.81 Å². The Morgan fingerprint density at radius 1 is 0.410 bits per heavy atom. The number of phenols is 2. The van der Waals surface area contributed by atoms with Gasteiger partial charge in [-0.15, -0.1) is 0 Å². The molecule has 0 saturated heterocycles. The van der Waals surface area contributed by atoms with Gasteiger partial charge in [0.15, 0.2) is 0 Å². The van der Waals surface area contributed by atoms with Gasteiger partial charge in [0.1, 0.15) is 22.6 Å². The summed E-state index contributed by atoms with van der Waals surface area (Å²) in [6.45, 7) is 0. The van der Waals surface area contributed by atoms with Crippen LogP contribution >= 0.6 is 0 Å². The maximum absolute atomic E-state index is 10.3. The van der Waals surface area contributed by atoms with Crippen LogP contribution in [0.15, 0.2) is 140 Å². The van der Waals surface area contributed by atoms with Crippen LogP contribution in [0.3, 0.4) is 0 Å². The van der Waals surface area contributed by atoms with E-state index in [1.165, 1.54) is 34.1 Å². The molecular formula is C32H27BiO6. The van der Waals surface area contributed by atoms with Gasteiger partial charge in [0.05, 0.1) is 0 Å². The molecule has 0 saturated carbocycles. The fourth-order valence-corrected chi connectivity index (χ4v) is 12.4. The summed E-state index contributed by atoms with van der Waals surface area (Å²) in [5, 5.41) is 34.6. The van der Waals surface area contributed by atoms with Crippen molar-refractivity contribution in [2.24, 2.45) is 0 Å². The van der Waals surface area contributed by atoms with Gasteiger partial charge in [0, 0.05) is 0 Å². The minimum absolute atomic E-state index is 0.0671. The average molecular weight is 717 g/mol. The van der Waals surface area contributed by atoms with E-state index in [0.717, 1.165) is 0 Å². The molecule has 0 unspecified atom stereocenters. The Labute approximate surface area is 234 Å². The third-order valence-corrected chi connectivity index (χ3v) is 14.8. The number of aromatic hydroxyl groups is 2. The molecule has 5 aromatic rings. The molecule has 0 bridgehead atoms. The second-order valence-corrected chi connectivity index (χ2v) is 16.6. The number of hydrogen-bond acceptors (Lipinski definition) is 4. The molecule has 0 heterocycles. The number of rotatable bonds is 5. The molecule has 0 aliphatic carbocycles. The summed E-state index contributed by atoms with van der Waals surface area (Å²) in [7, 11) is 0. The fourth-order valence-electron chi connectivity index (χ4n) is 3.49. The first-order valence-corrected chi connectivity index (χ1v) is 17.1. The van der Waals surface area contributed by atoms with E-state index in [1.807, 2.05) is 0 Å². The fraction of sp³-hybridized carbons (Fsp3) is 0. The number of benzene rings is 5. The topological polar surface area (TPSA) is 115 Å². The van der Waals surface area contributed by atoms with Crippen LogP contribution in [-0.4, -0.2) is 54.1 Å². The first kappa shape index (κ1) is 29.1. The van der Waals surface area contributed by atoms with Crippen LogP contribution in [0.1, 0.15) is 20.7 Å². The van der Waals surface area contributed by atoms with Crippen molar-refractivity contribution in [3.63, 3.8) is 0 Å². The molecule has 0 atom stereocenters. The number of aromatic carboxylic acids is 2. The summed E-state index contributed by atoms with van der Waals surface area (Å²) in [6.07, 6.45) is 0. The van der Waals surface area contributed by atoms with Gasteiger partial charge in [0.2, 0.25) is 0 Å². The zero-order valence-electron chi connectivity index (χ0n) is 20.8. The third kappa shape index (κ3) is 8.80. The molecule has 0 aromatic heterocycles. The Morgan fingerprint density at radius 2 is 0.667 bits per heavy atom. The van der Waals surface area contributed by atoms with Gasteiger partial charge in [-0.25, -0.2) is 9.59 Å². The molecule has 4 N–H and O–H groups in total. The summed E-state index contributed by atoms with van der Waals surface area (Å²) < 4.78 is 4.61.